The molecule has 6 nitrogen and oxygen atoms in total. The van der Waals surface area contributed by atoms with E-state index in [0.29, 0.717) is 16.9 Å². The molecule has 2 amide bonds. The maximum atomic E-state index is 12.0. The van der Waals surface area contributed by atoms with E-state index in [0.717, 1.165) is 18.4 Å². The second-order valence-corrected chi connectivity index (χ2v) is 6.33. The molecule has 2 N–H and O–H groups in total. The van der Waals surface area contributed by atoms with Crippen LogP contribution >= 0.6 is 0 Å². The molecular weight excluding hydrogens is 332 g/mol. The summed E-state index contributed by atoms with van der Waals surface area (Å²) in [4.78, 5) is 35.5. The van der Waals surface area contributed by atoms with Crippen LogP contribution < -0.4 is 10.6 Å². The smallest absolute Gasteiger partial charge is 0.338 e. The summed E-state index contributed by atoms with van der Waals surface area (Å²) in [6.07, 6.45) is 1.86. The van der Waals surface area contributed by atoms with Crippen LogP contribution in [0.15, 0.2) is 48.5 Å². The molecule has 1 saturated carbocycles. The van der Waals surface area contributed by atoms with E-state index < -0.39 is 11.9 Å². The molecule has 0 radical (unpaired) electrons. The van der Waals surface area contributed by atoms with Crippen molar-refractivity contribution in [3.8, 4) is 0 Å². The molecule has 0 spiro atoms. The zero-order chi connectivity index (χ0) is 18.5. The van der Waals surface area contributed by atoms with Crippen LogP contribution in [0.3, 0.4) is 0 Å². The number of rotatable bonds is 6. The zero-order valence-electron chi connectivity index (χ0n) is 14.5. The average molecular weight is 352 g/mol. The number of esters is 1. The fourth-order valence-electron chi connectivity index (χ4n) is 2.33. The van der Waals surface area contributed by atoms with Crippen molar-refractivity contribution in [2.75, 3.05) is 17.2 Å². The van der Waals surface area contributed by atoms with Crippen molar-refractivity contribution in [3.63, 3.8) is 0 Å². The molecule has 1 fully saturated rings. The van der Waals surface area contributed by atoms with Crippen molar-refractivity contribution in [3.05, 3.63) is 59.7 Å². The zero-order valence-corrected chi connectivity index (χ0v) is 14.5. The Labute approximate surface area is 151 Å². The highest BCUT2D eigenvalue weighted by Gasteiger charge is 2.29. The van der Waals surface area contributed by atoms with Crippen LogP contribution in [0, 0.1) is 12.8 Å². The number of hydrogen-bond donors (Lipinski definition) is 2. The Bertz CT molecular complexity index is 809. The number of carbonyl (C=O) groups is 3. The van der Waals surface area contributed by atoms with Gasteiger partial charge in [-0.15, -0.1) is 0 Å². The highest BCUT2D eigenvalue weighted by Crippen LogP contribution is 2.30. The van der Waals surface area contributed by atoms with Gasteiger partial charge in [0.05, 0.1) is 5.56 Å². The number of aryl methyl sites for hydroxylation is 1. The van der Waals surface area contributed by atoms with E-state index in [-0.39, 0.29) is 18.4 Å². The van der Waals surface area contributed by atoms with Gasteiger partial charge in [0.15, 0.2) is 6.61 Å². The number of carbonyl (C=O) groups excluding carboxylic acids is 3. The summed E-state index contributed by atoms with van der Waals surface area (Å²) in [5.41, 5.74) is 2.69. The van der Waals surface area contributed by atoms with Crippen LogP contribution in [-0.4, -0.2) is 24.4 Å². The lowest BCUT2D eigenvalue weighted by atomic mass is 10.2. The standard InChI is InChI=1S/C20H20N2O4/c1-13-2-8-16(9-3-13)21-18(23)12-26-20(25)15-6-10-17(11-7-15)22-19(24)14-4-5-14/h2-3,6-11,14H,4-5,12H2,1H3,(H,21,23)(H,22,24). The van der Waals surface area contributed by atoms with Gasteiger partial charge >= 0.3 is 5.97 Å². The lowest BCUT2D eigenvalue weighted by Gasteiger charge is -2.08. The first-order valence-corrected chi connectivity index (χ1v) is 8.46. The van der Waals surface area contributed by atoms with E-state index >= 15 is 0 Å². The molecule has 3 rings (SSSR count). The van der Waals surface area contributed by atoms with Crippen LogP contribution in [0.1, 0.15) is 28.8 Å². The Hall–Kier alpha value is -3.15. The van der Waals surface area contributed by atoms with Crippen molar-refractivity contribution in [2.24, 2.45) is 5.92 Å². The molecule has 6 heteroatoms. The van der Waals surface area contributed by atoms with Crippen molar-refractivity contribution in [1.82, 2.24) is 0 Å². The molecule has 0 atom stereocenters. The Morgan fingerprint density at radius 1 is 0.923 bits per heavy atom. The number of anilines is 2. The van der Waals surface area contributed by atoms with Gasteiger partial charge in [0.1, 0.15) is 0 Å². The van der Waals surface area contributed by atoms with Gasteiger partial charge in [0.2, 0.25) is 5.91 Å². The minimum atomic E-state index is -0.593. The van der Waals surface area contributed by atoms with Gasteiger partial charge in [-0.1, -0.05) is 17.7 Å². The lowest BCUT2D eigenvalue weighted by Crippen LogP contribution is -2.21. The third kappa shape index (κ3) is 4.92. The Morgan fingerprint density at radius 3 is 2.12 bits per heavy atom. The maximum Gasteiger partial charge on any atom is 0.338 e. The summed E-state index contributed by atoms with van der Waals surface area (Å²) >= 11 is 0. The first-order valence-electron chi connectivity index (χ1n) is 8.46. The van der Waals surface area contributed by atoms with Gasteiger partial charge in [0, 0.05) is 17.3 Å². The van der Waals surface area contributed by atoms with Gasteiger partial charge in [-0.3, -0.25) is 9.59 Å². The fourth-order valence-corrected chi connectivity index (χ4v) is 2.33. The number of amides is 2. The molecule has 0 aromatic heterocycles. The summed E-state index contributed by atoms with van der Waals surface area (Å²) in [6.45, 7) is 1.59. The molecule has 0 saturated heterocycles. The van der Waals surface area contributed by atoms with Gasteiger partial charge in [-0.25, -0.2) is 4.79 Å². The molecule has 0 bridgehead atoms. The van der Waals surface area contributed by atoms with Crippen molar-refractivity contribution < 1.29 is 19.1 Å². The molecule has 0 aliphatic heterocycles. The maximum absolute atomic E-state index is 12.0. The number of nitrogens with one attached hydrogen (secondary N) is 2. The van der Waals surface area contributed by atoms with Crippen molar-refractivity contribution in [2.45, 2.75) is 19.8 Å². The van der Waals surface area contributed by atoms with E-state index in [1.54, 1.807) is 36.4 Å². The predicted octanol–water partition coefficient (Wildman–Crippen LogP) is 3.14. The van der Waals surface area contributed by atoms with E-state index in [1.165, 1.54) is 0 Å². The molecule has 26 heavy (non-hydrogen) atoms. The molecule has 1 aliphatic carbocycles. The first-order chi connectivity index (χ1) is 12.5. The third-order valence-electron chi connectivity index (χ3n) is 4.01. The quantitative estimate of drug-likeness (QED) is 0.782. The Kier molecular flexibility index (Phi) is 5.31. The molecule has 0 unspecified atom stereocenters. The molecule has 1 aliphatic rings. The summed E-state index contributed by atoms with van der Waals surface area (Å²) < 4.78 is 5.02. The predicted molar refractivity (Wildman–Crippen MR) is 97.9 cm³/mol. The van der Waals surface area contributed by atoms with Gasteiger partial charge < -0.3 is 15.4 Å². The van der Waals surface area contributed by atoms with Gasteiger partial charge in [0.25, 0.3) is 5.91 Å². The summed E-state index contributed by atoms with van der Waals surface area (Å²) in [7, 11) is 0. The SMILES string of the molecule is Cc1ccc(NC(=O)COC(=O)c2ccc(NC(=O)C3CC3)cc2)cc1. The normalized spacial score (nSPS) is 13.0. The monoisotopic (exact) mass is 352 g/mol. The average Bonchev–Trinajstić information content (AvgIpc) is 3.47. The van der Waals surface area contributed by atoms with E-state index in [2.05, 4.69) is 10.6 Å². The Morgan fingerprint density at radius 2 is 1.50 bits per heavy atom. The second kappa shape index (κ2) is 7.82. The molecule has 134 valence electrons. The number of benzene rings is 2. The number of ether oxygens (including phenoxy) is 1. The van der Waals surface area contributed by atoms with Crippen LogP contribution in [0.25, 0.3) is 0 Å². The third-order valence-corrected chi connectivity index (χ3v) is 4.01. The van der Waals surface area contributed by atoms with Gasteiger partial charge in [-0.05, 0) is 56.2 Å². The van der Waals surface area contributed by atoms with E-state index in [1.807, 2.05) is 19.1 Å². The Balaban J connectivity index is 1.47. The summed E-state index contributed by atoms with van der Waals surface area (Å²) in [5.74, 6) is -0.876. The molecule has 0 heterocycles. The van der Waals surface area contributed by atoms with Crippen LogP contribution in [0.4, 0.5) is 11.4 Å². The largest absolute Gasteiger partial charge is 0.452 e. The van der Waals surface area contributed by atoms with Crippen LogP contribution in [-0.2, 0) is 14.3 Å². The second-order valence-electron chi connectivity index (χ2n) is 6.33. The van der Waals surface area contributed by atoms with Gasteiger partial charge in [-0.2, -0.15) is 0 Å². The van der Waals surface area contributed by atoms with E-state index in [4.69, 9.17) is 4.74 Å². The highest BCUT2D eigenvalue weighted by atomic mass is 16.5. The molecule has 2 aromatic rings. The van der Waals surface area contributed by atoms with Crippen molar-refractivity contribution in [1.29, 1.82) is 0 Å². The van der Waals surface area contributed by atoms with E-state index in [9.17, 15) is 14.4 Å². The minimum Gasteiger partial charge on any atom is -0.452 e. The summed E-state index contributed by atoms with van der Waals surface area (Å²) in [6, 6.07) is 13.7. The van der Waals surface area contributed by atoms with Crippen LogP contribution in [0.5, 0.6) is 0 Å². The fraction of sp³-hybridized carbons (Fsp3) is 0.250. The lowest BCUT2D eigenvalue weighted by molar-refractivity contribution is -0.119. The topological polar surface area (TPSA) is 84.5 Å². The van der Waals surface area contributed by atoms with Crippen LogP contribution in [0.2, 0.25) is 0 Å². The molecule has 2 aromatic carbocycles. The highest BCUT2D eigenvalue weighted by molar-refractivity contribution is 5.97. The summed E-state index contributed by atoms with van der Waals surface area (Å²) in [5, 5.41) is 5.46. The van der Waals surface area contributed by atoms with Crippen molar-refractivity contribution >= 4 is 29.2 Å². The number of hydrogen-bond acceptors (Lipinski definition) is 4. The first kappa shape index (κ1) is 17.7. The molecular formula is C20H20N2O4. The minimum absolute atomic E-state index is 0.00750.